The van der Waals surface area contributed by atoms with Crippen LogP contribution < -0.4 is 5.32 Å². The number of nitrogens with one attached hydrogen (secondary N) is 1. The predicted octanol–water partition coefficient (Wildman–Crippen LogP) is 0.789. The predicted molar refractivity (Wildman–Crippen MR) is 46.5 cm³/mol. The Labute approximate surface area is 81.8 Å². The number of rotatable bonds is 3. The molecule has 0 aromatic rings. The van der Waals surface area contributed by atoms with Crippen molar-refractivity contribution in [2.75, 3.05) is 26.3 Å². The van der Waals surface area contributed by atoms with Crippen LogP contribution in [0.5, 0.6) is 0 Å². The third-order valence-corrected chi connectivity index (χ3v) is 2.62. The lowest BCUT2D eigenvalue weighted by atomic mass is 10.1. The molecule has 1 N–H and O–H groups in total. The van der Waals surface area contributed by atoms with Crippen molar-refractivity contribution >= 4 is 0 Å². The fourth-order valence-corrected chi connectivity index (χ4v) is 1.52. The maximum absolute atomic E-state index is 12.7. The maximum atomic E-state index is 12.7. The van der Waals surface area contributed by atoms with Crippen LogP contribution in [0, 0.1) is 0 Å². The van der Waals surface area contributed by atoms with Crippen molar-refractivity contribution in [3.63, 3.8) is 0 Å². The van der Waals surface area contributed by atoms with Gasteiger partial charge in [0.25, 0.3) is 5.92 Å². The highest BCUT2D eigenvalue weighted by Gasteiger charge is 2.36. The van der Waals surface area contributed by atoms with E-state index < -0.39 is 12.5 Å². The highest BCUT2D eigenvalue weighted by atomic mass is 19.3. The van der Waals surface area contributed by atoms with Crippen molar-refractivity contribution in [1.29, 1.82) is 0 Å². The molecule has 2 aliphatic rings. The highest BCUT2D eigenvalue weighted by molar-refractivity contribution is 4.78. The van der Waals surface area contributed by atoms with E-state index in [1.54, 1.807) is 0 Å². The Morgan fingerprint density at radius 1 is 1.43 bits per heavy atom. The molecule has 2 saturated heterocycles. The third kappa shape index (κ3) is 2.62. The summed E-state index contributed by atoms with van der Waals surface area (Å²) >= 11 is 0. The monoisotopic (exact) mass is 207 g/mol. The SMILES string of the molecule is FC1(F)CCC(COC2CNC2)OC1. The number of hydrogen-bond acceptors (Lipinski definition) is 3. The van der Waals surface area contributed by atoms with Crippen LogP contribution in [0.15, 0.2) is 0 Å². The van der Waals surface area contributed by atoms with E-state index in [4.69, 9.17) is 9.47 Å². The number of hydrogen-bond donors (Lipinski definition) is 1. The summed E-state index contributed by atoms with van der Waals surface area (Å²) in [6, 6.07) is 0. The average molecular weight is 207 g/mol. The smallest absolute Gasteiger partial charge is 0.271 e. The molecule has 0 spiro atoms. The molecule has 0 aromatic heterocycles. The normalized spacial score (nSPS) is 32.6. The summed E-state index contributed by atoms with van der Waals surface area (Å²) < 4.78 is 35.8. The first kappa shape index (κ1) is 10.3. The minimum Gasteiger partial charge on any atom is -0.373 e. The van der Waals surface area contributed by atoms with Crippen molar-refractivity contribution in [3.8, 4) is 0 Å². The van der Waals surface area contributed by atoms with Crippen molar-refractivity contribution < 1.29 is 18.3 Å². The van der Waals surface area contributed by atoms with Crippen LogP contribution in [0.3, 0.4) is 0 Å². The van der Waals surface area contributed by atoms with Gasteiger partial charge in [0.15, 0.2) is 0 Å². The molecule has 2 fully saturated rings. The second-order valence-corrected chi connectivity index (χ2v) is 3.94. The van der Waals surface area contributed by atoms with E-state index in [0.717, 1.165) is 13.1 Å². The molecular formula is C9H15F2NO2. The Morgan fingerprint density at radius 2 is 2.21 bits per heavy atom. The Kier molecular flexibility index (Phi) is 2.99. The van der Waals surface area contributed by atoms with Gasteiger partial charge >= 0.3 is 0 Å². The molecule has 0 aromatic carbocycles. The Morgan fingerprint density at radius 3 is 2.71 bits per heavy atom. The topological polar surface area (TPSA) is 30.5 Å². The number of alkyl halides is 2. The molecule has 3 nitrogen and oxygen atoms in total. The molecule has 2 rings (SSSR count). The summed E-state index contributed by atoms with van der Waals surface area (Å²) in [7, 11) is 0. The Hall–Kier alpha value is -0.260. The molecular weight excluding hydrogens is 192 g/mol. The Bertz CT molecular complexity index is 187. The lowest BCUT2D eigenvalue weighted by Crippen LogP contribution is -2.49. The Balaban J connectivity index is 1.63. The van der Waals surface area contributed by atoms with E-state index in [-0.39, 0.29) is 18.6 Å². The van der Waals surface area contributed by atoms with Crippen LogP contribution >= 0.6 is 0 Å². The van der Waals surface area contributed by atoms with Gasteiger partial charge in [0.05, 0.1) is 18.8 Å². The average Bonchev–Trinajstić information content (AvgIpc) is 2.05. The minimum absolute atomic E-state index is 0.0794. The molecule has 0 aliphatic carbocycles. The van der Waals surface area contributed by atoms with Crippen LogP contribution in [0.4, 0.5) is 8.78 Å². The summed E-state index contributed by atoms with van der Waals surface area (Å²) in [6.07, 6.45) is 0.424. The van der Waals surface area contributed by atoms with Crippen molar-refractivity contribution in [2.45, 2.75) is 31.0 Å². The first-order valence-electron chi connectivity index (χ1n) is 4.97. The second kappa shape index (κ2) is 4.08. The van der Waals surface area contributed by atoms with Gasteiger partial charge in [0, 0.05) is 19.5 Å². The van der Waals surface area contributed by atoms with Gasteiger partial charge in [-0.25, -0.2) is 8.78 Å². The zero-order valence-electron chi connectivity index (χ0n) is 7.97. The molecule has 2 heterocycles. The number of ether oxygens (including phenoxy) is 2. The van der Waals surface area contributed by atoms with Gasteiger partial charge in [-0.3, -0.25) is 0 Å². The molecule has 82 valence electrons. The van der Waals surface area contributed by atoms with Crippen LogP contribution in [0.2, 0.25) is 0 Å². The standard InChI is InChI=1S/C9H15F2NO2/c10-9(11)2-1-7(14-6-9)5-13-8-3-12-4-8/h7-8,12H,1-6H2. The van der Waals surface area contributed by atoms with Gasteiger partial charge < -0.3 is 14.8 Å². The van der Waals surface area contributed by atoms with E-state index >= 15 is 0 Å². The fraction of sp³-hybridized carbons (Fsp3) is 1.00. The molecule has 5 heteroatoms. The van der Waals surface area contributed by atoms with E-state index in [9.17, 15) is 8.78 Å². The molecule has 0 saturated carbocycles. The molecule has 0 amide bonds. The lowest BCUT2D eigenvalue weighted by molar-refractivity contribution is -0.163. The summed E-state index contributed by atoms with van der Waals surface area (Å²) in [5.41, 5.74) is 0. The van der Waals surface area contributed by atoms with Crippen LogP contribution in [0.25, 0.3) is 0 Å². The number of halogens is 2. The molecule has 0 bridgehead atoms. The molecule has 1 unspecified atom stereocenters. The summed E-state index contributed by atoms with van der Waals surface area (Å²) in [6.45, 7) is 1.72. The minimum atomic E-state index is -2.63. The first-order chi connectivity index (χ1) is 6.66. The second-order valence-electron chi connectivity index (χ2n) is 3.94. The zero-order chi connectivity index (χ0) is 10.0. The summed E-state index contributed by atoms with van der Waals surface area (Å²) in [5.74, 6) is -2.63. The van der Waals surface area contributed by atoms with Crippen LogP contribution in [-0.2, 0) is 9.47 Å². The van der Waals surface area contributed by atoms with Gasteiger partial charge in [-0.15, -0.1) is 0 Å². The van der Waals surface area contributed by atoms with E-state index in [0.29, 0.717) is 13.0 Å². The largest absolute Gasteiger partial charge is 0.373 e. The van der Waals surface area contributed by atoms with Crippen LogP contribution in [-0.4, -0.2) is 44.4 Å². The van der Waals surface area contributed by atoms with Crippen LogP contribution in [0.1, 0.15) is 12.8 Å². The fourth-order valence-electron chi connectivity index (χ4n) is 1.52. The summed E-state index contributed by atoms with van der Waals surface area (Å²) in [5, 5.41) is 3.08. The first-order valence-corrected chi connectivity index (χ1v) is 4.97. The van der Waals surface area contributed by atoms with Gasteiger partial charge in [-0.05, 0) is 6.42 Å². The molecule has 14 heavy (non-hydrogen) atoms. The van der Waals surface area contributed by atoms with E-state index in [2.05, 4.69) is 5.32 Å². The lowest BCUT2D eigenvalue weighted by Gasteiger charge is -2.32. The van der Waals surface area contributed by atoms with Gasteiger partial charge in [-0.1, -0.05) is 0 Å². The quantitative estimate of drug-likeness (QED) is 0.742. The maximum Gasteiger partial charge on any atom is 0.271 e. The summed E-state index contributed by atoms with van der Waals surface area (Å²) in [4.78, 5) is 0. The van der Waals surface area contributed by atoms with E-state index in [1.165, 1.54) is 0 Å². The van der Waals surface area contributed by atoms with E-state index in [1.807, 2.05) is 0 Å². The molecule has 2 aliphatic heterocycles. The molecule has 0 radical (unpaired) electrons. The van der Waals surface area contributed by atoms with Gasteiger partial charge in [0.2, 0.25) is 0 Å². The third-order valence-electron chi connectivity index (χ3n) is 2.62. The zero-order valence-corrected chi connectivity index (χ0v) is 7.97. The van der Waals surface area contributed by atoms with Crippen molar-refractivity contribution in [1.82, 2.24) is 5.32 Å². The molecule has 1 atom stereocenters. The van der Waals surface area contributed by atoms with Crippen molar-refractivity contribution in [2.24, 2.45) is 0 Å². The van der Waals surface area contributed by atoms with Gasteiger partial charge in [0.1, 0.15) is 6.61 Å². The van der Waals surface area contributed by atoms with Crippen molar-refractivity contribution in [3.05, 3.63) is 0 Å². The highest BCUT2D eigenvalue weighted by Crippen LogP contribution is 2.28. The van der Waals surface area contributed by atoms with Gasteiger partial charge in [-0.2, -0.15) is 0 Å².